The molecule has 1 aliphatic heterocycles. The summed E-state index contributed by atoms with van der Waals surface area (Å²) in [6.45, 7) is 8.61. The van der Waals surface area contributed by atoms with Crippen molar-refractivity contribution in [3.63, 3.8) is 0 Å². The Hall–Kier alpha value is -2.33. The van der Waals surface area contributed by atoms with E-state index in [0.717, 1.165) is 26.2 Å². The van der Waals surface area contributed by atoms with Crippen molar-refractivity contribution in [1.29, 1.82) is 0 Å². The van der Waals surface area contributed by atoms with Gasteiger partial charge in [0.2, 0.25) is 5.91 Å². The SMILES string of the molecule is Cc1ccccc1N1CCN(C(C)C(=O)N(C)Cc2ccccc2)CC1. The fourth-order valence-corrected chi connectivity index (χ4v) is 3.68. The second-order valence-electron chi connectivity index (χ2n) is 7.17. The molecular weight excluding hydrogens is 322 g/mol. The quantitative estimate of drug-likeness (QED) is 0.828. The lowest BCUT2D eigenvalue weighted by atomic mass is 10.1. The highest BCUT2D eigenvalue weighted by Crippen LogP contribution is 2.21. The van der Waals surface area contributed by atoms with Gasteiger partial charge in [-0.1, -0.05) is 48.5 Å². The maximum atomic E-state index is 12.8. The molecule has 3 rings (SSSR count). The zero-order valence-electron chi connectivity index (χ0n) is 16.1. The Labute approximate surface area is 157 Å². The second-order valence-corrected chi connectivity index (χ2v) is 7.17. The first-order valence-corrected chi connectivity index (χ1v) is 9.40. The highest BCUT2D eigenvalue weighted by atomic mass is 16.2. The number of hydrogen-bond donors (Lipinski definition) is 0. The monoisotopic (exact) mass is 351 g/mol. The molecule has 1 aliphatic rings. The maximum absolute atomic E-state index is 12.8. The molecule has 4 nitrogen and oxygen atoms in total. The third-order valence-corrected chi connectivity index (χ3v) is 5.31. The molecule has 1 saturated heterocycles. The van der Waals surface area contributed by atoms with Gasteiger partial charge in [-0.15, -0.1) is 0 Å². The van der Waals surface area contributed by atoms with Crippen molar-refractivity contribution in [2.45, 2.75) is 26.4 Å². The normalized spacial score (nSPS) is 16.3. The summed E-state index contributed by atoms with van der Waals surface area (Å²) in [5, 5.41) is 0. The van der Waals surface area contributed by atoms with Crippen LogP contribution >= 0.6 is 0 Å². The number of aryl methyl sites for hydroxylation is 1. The predicted molar refractivity (Wildman–Crippen MR) is 107 cm³/mol. The number of para-hydroxylation sites is 1. The van der Waals surface area contributed by atoms with Crippen molar-refractivity contribution in [3.05, 3.63) is 65.7 Å². The van der Waals surface area contributed by atoms with Crippen molar-refractivity contribution in [1.82, 2.24) is 9.80 Å². The molecule has 0 radical (unpaired) electrons. The molecule has 1 atom stereocenters. The molecule has 1 heterocycles. The molecule has 2 aromatic carbocycles. The van der Waals surface area contributed by atoms with Crippen LogP contribution in [0.3, 0.4) is 0 Å². The minimum absolute atomic E-state index is 0.0808. The maximum Gasteiger partial charge on any atom is 0.239 e. The van der Waals surface area contributed by atoms with E-state index < -0.39 is 0 Å². The molecule has 0 saturated carbocycles. The Bertz CT molecular complexity index is 723. The fourth-order valence-electron chi connectivity index (χ4n) is 3.68. The summed E-state index contributed by atoms with van der Waals surface area (Å²) in [5.41, 5.74) is 3.79. The molecule has 2 aromatic rings. The van der Waals surface area contributed by atoms with Crippen LogP contribution in [0.1, 0.15) is 18.1 Å². The van der Waals surface area contributed by atoms with E-state index in [0.29, 0.717) is 6.54 Å². The number of likely N-dealkylation sites (N-methyl/N-ethyl adjacent to an activating group) is 1. The topological polar surface area (TPSA) is 26.8 Å². The Morgan fingerprint density at radius 1 is 1.00 bits per heavy atom. The summed E-state index contributed by atoms with van der Waals surface area (Å²) >= 11 is 0. The number of amides is 1. The molecule has 138 valence electrons. The van der Waals surface area contributed by atoms with Gasteiger partial charge in [-0.05, 0) is 31.0 Å². The molecule has 0 bridgehead atoms. The van der Waals surface area contributed by atoms with Crippen molar-refractivity contribution >= 4 is 11.6 Å². The summed E-state index contributed by atoms with van der Waals surface area (Å²) in [4.78, 5) is 19.4. The standard InChI is InChI=1S/C22H29N3O/c1-18-9-7-8-12-21(18)25-15-13-24(14-16-25)19(2)22(26)23(3)17-20-10-5-4-6-11-20/h4-12,19H,13-17H2,1-3H3. The Kier molecular flexibility index (Phi) is 5.94. The number of carbonyl (C=O) groups is 1. The van der Waals surface area contributed by atoms with Crippen LogP contribution in [-0.2, 0) is 11.3 Å². The number of carbonyl (C=O) groups excluding carboxylic acids is 1. The van der Waals surface area contributed by atoms with Gasteiger partial charge in [0.05, 0.1) is 6.04 Å². The van der Waals surface area contributed by atoms with Crippen molar-refractivity contribution in [2.75, 3.05) is 38.1 Å². The predicted octanol–water partition coefficient (Wildman–Crippen LogP) is 3.16. The largest absolute Gasteiger partial charge is 0.369 e. The van der Waals surface area contributed by atoms with E-state index in [-0.39, 0.29) is 11.9 Å². The molecule has 0 spiro atoms. The molecule has 1 amide bonds. The fraction of sp³-hybridized carbons (Fsp3) is 0.409. The summed E-state index contributed by atoms with van der Waals surface area (Å²) in [6.07, 6.45) is 0. The number of anilines is 1. The first kappa shape index (κ1) is 18.5. The molecule has 1 fully saturated rings. The zero-order valence-corrected chi connectivity index (χ0v) is 16.1. The zero-order chi connectivity index (χ0) is 18.5. The van der Waals surface area contributed by atoms with Crippen LogP contribution in [0.25, 0.3) is 0 Å². The van der Waals surface area contributed by atoms with Crippen molar-refractivity contribution in [3.8, 4) is 0 Å². The van der Waals surface area contributed by atoms with Crippen LogP contribution in [0, 0.1) is 6.92 Å². The Morgan fingerprint density at radius 2 is 1.62 bits per heavy atom. The first-order chi connectivity index (χ1) is 12.6. The van der Waals surface area contributed by atoms with E-state index in [1.807, 2.05) is 37.1 Å². The van der Waals surface area contributed by atoms with Gasteiger partial charge in [-0.3, -0.25) is 9.69 Å². The van der Waals surface area contributed by atoms with Gasteiger partial charge in [0.25, 0.3) is 0 Å². The third kappa shape index (κ3) is 4.25. The molecule has 0 N–H and O–H groups in total. The van der Waals surface area contributed by atoms with E-state index in [1.54, 1.807) is 0 Å². The van der Waals surface area contributed by atoms with Gasteiger partial charge in [0.1, 0.15) is 0 Å². The van der Waals surface area contributed by atoms with Crippen molar-refractivity contribution < 1.29 is 4.79 Å². The molecule has 1 unspecified atom stereocenters. The summed E-state index contributed by atoms with van der Waals surface area (Å²) in [7, 11) is 1.90. The van der Waals surface area contributed by atoms with Crippen LogP contribution in [-0.4, -0.2) is 55.0 Å². The van der Waals surface area contributed by atoms with Crippen molar-refractivity contribution in [2.24, 2.45) is 0 Å². The number of nitrogens with zero attached hydrogens (tertiary/aromatic N) is 3. The minimum atomic E-state index is -0.0808. The van der Waals surface area contributed by atoms with Gasteiger partial charge < -0.3 is 9.80 Å². The van der Waals surface area contributed by atoms with E-state index in [2.05, 4.69) is 53.1 Å². The Balaban J connectivity index is 1.55. The third-order valence-electron chi connectivity index (χ3n) is 5.31. The van der Waals surface area contributed by atoms with Crippen LogP contribution in [0.5, 0.6) is 0 Å². The van der Waals surface area contributed by atoms with Gasteiger partial charge in [-0.2, -0.15) is 0 Å². The van der Waals surface area contributed by atoms with Gasteiger partial charge in [-0.25, -0.2) is 0 Å². The molecule has 4 heteroatoms. The number of rotatable bonds is 5. The van der Waals surface area contributed by atoms with Crippen LogP contribution in [0.15, 0.2) is 54.6 Å². The molecule has 26 heavy (non-hydrogen) atoms. The lowest BCUT2D eigenvalue weighted by Gasteiger charge is -2.40. The molecule has 0 aliphatic carbocycles. The second kappa shape index (κ2) is 8.37. The van der Waals surface area contributed by atoms with Crippen LogP contribution < -0.4 is 4.90 Å². The summed E-state index contributed by atoms with van der Waals surface area (Å²) in [6, 6.07) is 18.6. The lowest BCUT2D eigenvalue weighted by Crippen LogP contribution is -2.54. The number of benzene rings is 2. The molecular formula is C22H29N3O. The average molecular weight is 351 g/mol. The van der Waals surface area contributed by atoms with Gasteiger partial charge >= 0.3 is 0 Å². The van der Waals surface area contributed by atoms with Crippen LogP contribution in [0.2, 0.25) is 0 Å². The first-order valence-electron chi connectivity index (χ1n) is 9.40. The minimum Gasteiger partial charge on any atom is -0.369 e. The smallest absolute Gasteiger partial charge is 0.239 e. The van der Waals surface area contributed by atoms with Gasteiger partial charge in [0.15, 0.2) is 0 Å². The lowest BCUT2D eigenvalue weighted by molar-refractivity contribution is -0.135. The Morgan fingerprint density at radius 3 is 2.27 bits per heavy atom. The van der Waals surface area contributed by atoms with E-state index in [9.17, 15) is 4.79 Å². The average Bonchev–Trinajstić information content (AvgIpc) is 2.68. The highest BCUT2D eigenvalue weighted by Gasteiger charge is 2.27. The van der Waals surface area contributed by atoms with E-state index in [4.69, 9.17) is 0 Å². The van der Waals surface area contributed by atoms with Gasteiger partial charge in [0, 0.05) is 45.5 Å². The number of piperazine rings is 1. The summed E-state index contributed by atoms with van der Waals surface area (Å²) in [5.74, 6) is 0.193. The van der Waals surface area contributed by atoms with Crippen LogP contribution in [0.4, 0.5) is 5.69 Å². The van der Waals surface area contributed by atoms with E-state index >= 15 is 0 Å². The molecule has 0 aromatic heterocycles. The van der Waals surface area contributed by atoms with E-state index in [1.165, 1.54) is 16.8 Å². The highest BCUT2D eigenvalue weighted by molar-refractivity contribution is 5.81. The summed E-state index contributed by atoms with van der Waals surface area (Å²) < 4.78 is 0. The number of hydrogen-bond acceptors (Lipinski definition) is 3.